The highest BCUT2D eigenvalue weighted by Crippen LogP contribution is 2.23. The van der Waals surface area contributed by atoms with Crippen molar-refractivity contribution in [3.63, 3.8) is 0 Å². The van der Waals surface area contributed by atoms with Crippen LogP contribution < -0.4 is 5.32 Å². The molecule has 2 heterocycles. The van der Waals surface area contributed by atoms with E-state index in [0.29, 0.717) is 0 Å². The van der Waals surface area contributed by atoms with Gasteiger partial charge in [0.2, 0.25) is 5.91 Å². The second kappa shape index (κ2) is 3.05. The minimum Gasteiger partial charge on any atom is -0.343 e. The average Bonchev–Trinajstić information content (AvgIpc) is 2.69. The van der Waals surface area contributed by atoms with Crippen molar-refractivity contribution in [2.45, 2.75) is 19.0 Å². The summed E-state index contributed by atoms with van der Waals surface area (Å²) in [5.41, 5.74) is 0. The first-order valence-corrected chi connectivity index (χ1v) is 4.25. The van der Waals surface area contributed by atoms with Gasteiger partial charge in [-0.1, -0.05) is 6.58 Å². The van der Waals surface area contributed by atoms with Crippen molar-refractivity contribution in [3.8, 4) is 0 Å². The normalized spacial score (nSPS) is 19.5. The second-order valence-electron chi connectivity index (χ2n) is 3.03. The zero-order valence-corrected chi connectivity index (χ0v) is 7.23. The molecule has 4 heteroatoms. The Balaban J connectivity index is 2.12. The lowest BCUT2D eigenvalue weighted by molar-refractivity contribution is -0.117. The van der Waals surface area contributed by atoms with Gasteiger partial charge < -0.3 is 9.88 Å². The number of fused-ring (bicyclic) bond motifs is 1. The predicted molar refractivity (Wildman–Crippen MR) is 47.9 cm³/mol. The summed E-state index contributed by atoms with van der Waals surface area (Å²) >= 11 is 0. The van der Waals surface area contributed by atoms with Crippen LogP contribution in [0.5, 0.6) is 0 Å². The van der Waals surface area contributed by atoms with Gasteiger partial charge in [0.1, 0.15) is 5.82 Å². The molecule has 0 saturated carbocycles. The molecule has 4 nitrogen and oxygen atoms in total. The highest BCUT2D eigenvalue weighted by molar-refractivity contribution is 5.87. The average molecular weight is 177 g/mol. The van der Waals surface area contributed by atoms with Gasteiger partial charge in [-0.25, -0.2) is 4.98 Å². The summed E-state index contributed by atoms with van der Waals surface area (Å²) in [5, 5.41) is 2.83. The first kappa shape index (κ1) is 8.04. The molecule has 0 aliphatic carbocycles. The Morgan fingerprint density at radius 2 is 2.69 bits per heavy atom. The summed E-state index contributed by atoms with van der Waals surface area (Å²) in [5.74, 6) is 0.802. The van der Waals surface area contributed by atoms with E-state index in [4.69, 9.17) is 0 Å². The highest BCUT2D eigenvalue weighted by atomic mass is 16.1. The number of carbonyl (C=O) groups is 1. The third kappa shape index (κ3) is 1.35. The number of hydrogen-bond donors (Lipinski definition) is 1. The van der Waals surface area contributed by atoms with E-state index in [1.54, 1.807) is 6.20 Å². The quantitative estimate of drug-likeness (QED) is 0.673. The molecule has 1 atom stereocenters. The molecule has 0 radical (unpaired) electrons. The van der Waals surface area contributed by atoms with Crippen molar-refractivity contribution in [3.05, 3.63) is 30.9 Å². The standard InChI is InChI=1S/C9H11N3O/c1-2-8(13)11-7-3-5-12-6-4-10-9(7)12/h2,4,6-7H,1,3,5H2,(H,11,13). The van der Waals surface area contributed by atoms with Crippen LogP contribution in [0.25, 0.3) is 0 Å². The molecule has 0 fully saturated rings. The molecule has 0 spiro atoms. The topological polar surface area (TPSA) is 46.9 Å². The number of rotatable bonds is 2. The van der Waals surface area contributed by atoms with Gasteiger partial charge in [-0.3, -0.25) is 4.79 Å². The lowest BCUT2D eigenvalue weighted by Crippen LogP contribution is -2.25. The Hall–Kier alpha value is -1.58. The highest BCUT2D eigenvalue weighted by Gasteiger charge is 2.23. The predicted octanol–water partition coefficient (Wildman–Crippen LogP) is 0.630. The molecule has 1 N–H and O–H groups in total. The van der Waals surface area contributed by atoms with Gasteiger partial charge in [0.05, 0.1) is 6.04 Å². The smallest absolute Gasteiger partial charge is 0.243 e. The fraction of sp³-hybridized carbons (Fsp3) is 0.333. The maximum atomic E-state index is 11.0. The Labute approximate surface area is 76.3 Å². The van der Waals surface area contributed by atoms with Crippen molar-refractivity contribution in [2.24, 2.45) is 0 Å². The summed E-state index contributed by atoms with van der Waals surface area (Å²) in [6.45, 7) is 4.34. The van der Waals surface area contributed by atoms with Crippen LogP contribution in [-0.4, -0.2) is 15.5 Å². The number of nitrogens with one attached hydrogen (secondary N) is 1. The van der Waals surface area contributed by atoms with Gasteiger partial charge in [0, 0.05) is 18.9 Å². The maximum Gasteiger partial charge on any atom is 0.243 e. The fourth-order valence-corrected chi connectivity index (χ4v) is 1.58. The molecule has 0 bridgehead atoms. The first-order valence-electron chi connectivity index (χ1n) is 4.25. The van der Waals surface area contributed by atoms with E-state index in [1.165, 1.54) is 6.08 Å². The second-order valence-corrected chi connectivity index (χ2v) is 3.03. The Bertz CT molecular complexity index is 342. The fourth-order valence-electron chi connectivity index (χ4n) is 1.58. The summed E-state index contributed by atoms with van der Waals surface area (Å²) in [4.78, 5) is 15.2. The maximum absolute atomic E-state index is 11.0. The number of aryl methyl sites for hydroxylation is 1. The van der Waals surface area contributed by atoms with Crippen LogP contribution in [0.2, 0.25) is 0 Å². The summed E-state index contributed by atoms with van der Waals surface area (Å²) in [6.07, 6.45) is 5.88. The molecule has 1 aromatic heterocycles. The minimum atomic E-state index is -0.138. The van der Waals surface area contributed by atoms with Gasteiger partial charge in [-0.15, -0.1) is 0 Å². The number of aromatic nitrogens is 2. The largest absolute Gasteiger partial charge is 0.343 e. The number of imidazole rings is 1. The van der Waals surface area contributed by atoms with Gasteiger partial charge in [0.15, 0.2) is 0 Å². The van der Waals surface area contributed by atoms with Crippen LogP contribution in [0, 0.1) is 0 Å². The van der Waals surface area contributed by atoms with Crippen molar-refractivity contribution in [1.82, 2.24) is 14.9 Å². The molecule has 68 valence electrons. The first-order chi connectivity index (χ1) is 6.31. The monoisotopic (exact) mass is 177 g/mol. The van der Waals surface area contributed by atoms with E-state index in [2.05, 4.69) is 16.9 Å². The molecular weight excluding hydrogens is 166 g/mol. The van der Waals surface area contributed by atoms with Gasteiger partial charge in [0.25, 0.3) is 0 Å². The van der Waals surface area contributed by atoms with Crippen LogP contribution in [0.4, 0.5) is 0 Å². The summed E-state index contributed by atoms with van der Waals surface area (Å²) < 4.78 is 2.05. The SMILES string of the molecule is C=CC(=O)NC1CCn2ccnc21. The Morgan fingerprint density at radius 3 is 3.46 bits per heavy atom. The number of hydrogen-bond acceptors (Lipinski definition) is 2. The molecule has 1 unspecified atom stereocenters. The molecule has 1 aromatic rings. The number of amides is 1. The van der Waals surface area contributed by atoms with Gasteiger partial charge >= 0.3 is 0 Å². The summed E-state index contributed by atoms with van der Waals surface area (Å²) in [7, 11) is 0. The molecule has 0 saturated heterocycles. The van der Waals surface area contributed by atoms with Crippen molar-refractivity contribution in [1.29, 1.82) is 0 Å². The van der Waals surface area contributed by atoms with E-state index in [9.17, 15) is 4.79 Å². The lowest BCUT2D eigenvalue weighted by Gasteiger charge is -2.08. The zero-order chi connectivity index (χ0) is 9.26. The van der Waals surface area contributed by atoms with Gasteiger partial charge in [-0.05, 0) is 12.5 Å². The zero-order valence-electron chi connectivity index (χ0n) is 7.23. The molecule has 1 aliphatic rings. The molecule has 1 amide bonds. The molecular formula is C9H11N3O. The summed E-state index contributed by atoms with van der Waals surface area (Å²) in [6, 6.07) is 0.0560. The van der Waals surface area contributed by atoms with E-state index in [1.807, 2.05) is 10.8 Å². The van der Waals surface area contributed by atoms with E-state index >= 15 is 0 Å². The molecule has 2 rings (SSSR count). The van der Waals surface area contributed by atoms with Crippen molar-refractivity contribution in [2.75, 3.05) is 0 Å². The molecule has 1 aliphatic heterocycles. The van der Waals surface area contributed by atoms with Crippen LogP contribution in [0.15, 0.2) is 25.0 Å². The lowest BCUT2D eigenvalue weighted by atomic mass is 10.2. The molecule has 0 aromatic carbocycles. The van der Waals surface area contributed by atoms with Crippen LogP contribution in [0.3, 0.4) is 0 Å². The Kier molecular flexibility index (Phi) is 1.88. The van der Waals surface area contributed by atoms with E-state index in [-0.39, 0.29) is 11.9 Å². The third-order valence-electron chi connectivity index (χ3n) is 2.22. The number of carbonyl (C=O) groups excluding carboxylic acids is 1. The third-order valence-corrected chi connectivity index (χ3v) is 2.22. The minimum absolute atomic E-state index is 0.0560. The van der Waals surface area contributed by atoms with Crippen LogP contribution >= 0.6 is 0 Å². The van der Waals surface area contributed by atoms with E-state index < -0.39 is 0 Å². The van der Waals surface area contributed by atoms with Crippen LogP contribution in [0.1, 0.15) is 18.3 Å². The number of nitrogens with zero attached hydrogens (tertiary/aromatic N) is 2. The van der Waals surface area contributed by atoms with E-state index in [0.717, 1.165) is 18.8 Å². The Morgan fingerprint density at radius 1 is 1.85 bits per heavy atom. The molecule has 13 heavy (non-hydrogen) atoms. The van der Waals surface area contributed by atoms with Crippen molar-refractivity contribution < 1.29 is 4.79 Å². The van der Waals surface area contributed by atoms with Gasteiger partial charge in [-0.2, -0.15) is 0 Å². The van der Waals surface area contributed by atoms with Crippen molar-refractivity contribution >= 4 is 5.91 Å². The van der Waals surface area contributed by atoms with Crippen LogP contribution in [-0.2, 0) is 11.3 Å².